The van der Waals surface area contributed by atoms with Crippen LogP contribution in [0.15, 0.2) is 12.5 Å². The quantitative estimate of drug-likeness (QED) is 0.487. The van der Waals surface area contributed by atoms with Gasteiger partial charge in [-0.05, 0) is 28.2 Å². The van der Waals surface area contributed by atoms with Gasteiger partial charge in [-0.15, -0.1) is 0 Å². The number of hydrogen-bond donors (Lipinski definition) is 0. The van der Waals surface area contributed by atoms with Crippen molar-refractivity contribution in [3.8, 4) is 0 Å². The smallest absolute Gasteiger partial charge is 0.358 e. The summed E-state index contributed by atoms with van der Waals surface area (Å²) in [6, 6.07) is 0. The van der Waals surface area contributed by atoms with E-state index in [2.05, 4.69) is 20.9 Å². The first kappa shape index (κ1) is 12.5. The summed E-state index contributed by atoms with van der Waals surface area (Å²) in [5.74, 6) is -0.0643. The molecule has 0 saturated heterocycles. The molecule has 1 aromatic heterocycles. The van der Waals surface area contributed by atoms with Crippen molar-refractivity contribution in [1.29, 1.82) is 0 Å². The summed E-state index contributed by atoms with van der Waals surface area (Å²) in [7, 11) is 0. The van der Waals surface area contributed by atoms with E-state index in [9.17, 15) is 10.1 Å². The molecule has 0 radical (unpaired) electrons. The molecule has 0 N–H and O–H groups in total. The first-order valence-corrected chi connectivity index (χ1v) is 6.99. The second kappa shape index (κ2) is 5.16. The average molecular weight is 302 g/mol. The van der Waals surface area contributed by atoms with Crippen LogP contribution in [0.25, 0.3) is 0 Å². The fourth-order valence-electron chi connectivity index (χ4n) is 2.55. The largest absolute Gasteiger partial charge is 0.381 e. The Balaban J connectivity index is 2.09. The van der Waals surface area contributed by atoms with Crippen molar-refractivity contribution >= 4 is 21.7 Å². The first-order valence-electron chi connectivity index (χ1n) is 5.87. The molecule has 0 amide bonds. The molecule has 0 bridgehead atoms. The Morgan fingerprint density at radius 2 is 2.18 bits per heavy atom. The zero-order valence-electron chi connectivity index (χ0n) is 9.64. The molecule has 5 nitrogen and oxygen atoms in total. The summed E-state index contributed by atoms with van der Waals surface area (Å²) in [6.07, 6.45) is 9.27. The van der Waals surface area contributed by atoms with Gasteiger partial charge in [-0.1, -0.05) is 35.2 Å². The van der Waals surface area contributed by atoms with E-state index >= 15 is 0 Å². The van der Waals surface area contributed by atoms with E-state index in [1.165, 1.54) is 38.3 Å². The molecule has 1 aliphatic rings. The topological polar surface area (TPSA) is 61.0 Å². The molecule has 0 unspecified atom stereocenters. The predicted octanol–water partition coefficient (Wildman–Crippen LogP) is 3.14. The monoisotopic (exact) mass is 301 g/mol. The molecule has 1 aliphatic carbocycles. The highest BCUT2D eigenvalue weighted by molar-refractivity contribution is 9.09. The molecule has 94 valence electrons. The predicted molar refractivity (Wildman–Crippen MR) is 68.2 cm³/mol. The molecule has 1 saturated carbocycles. The van der Waals surface area contributed by atoms with Gasteiger partial charge in [-0.3, -0.25) is 0 Å². The summed E-state index contributed by atoms with van der Waals surface area (Å²) in [5, 5.41) is 11.5. The lowest BCUT2D eigenvalue weighted by molar-refractivity contribution is -0.389. The Morgan fingerprint density at radius 1 is 1.47 bits per heavy atom. The van der Waals surface area contributed by atoms with Crippen LogP contribution in [0.5, 0.6) is 0 Å². The summed E-state index contributed by atoms with van der Waals surface area (Å²) in [5.41, 5.74) is 0.243. The molecule has 1 fully saturated rings. The van der Waals surface area contributed by atoms with Gasteiger partial charge in [0.2, 0.25) is 6.33 Å². The number of hydrogen-bond acceptors (Lipinski definition) is 3. The van der Waals surface area contributed by atoms with Crippen LogP contribution >= 0.6 is 15.9 Å². The van der Waals surface area contributed by atoms with Gasteiger partial charge < -0.3 is 14.7 Å². The van der Waals surface area contributed by atoms with Crippen LogP contribution in [-0.4, -0.2) is 19.8 Å². The third-order valence-electron chi connectivity index (χ3n) is 3.52. The molecular weight excluding hydrogens is 286 g/mol. The summed E-state index contributed by atoms with van der Waals surface area (Å²) in [6.45, 7) is 0.819. The van der Waals surface area contributed by atoms with E-state index in [-0.39, 0.29) is 11.2 Å². The van der Waals surface area contributed by atoms with Gasteiger partial charge in [0, 0.05) is 11.9 Å². The Kier molecular flexibility index (Phi) is 3.81. The Bertz CT molecular complexity index is 399. The third kappa shape index (κ3) is 2.86. The molecule has 1 aromatic rings. The Morgan fingerprint density at radius 3 is 2.71 bits per heavy atom. The van der Waals surface area contributed by atoms with Crippen molar-refractivity contribution in [3.63, 3.8) is 0 Å². The van der Waals surface area contributed by atoms with Gasteiger partial charge >= 0.3 is 5.82 Å². The number of alkyl halides is 1. The maximum atomic E-state index is 10.6. The van der Waals surface area contributed by atoms with Crippen LogP contribution < -0.4 is 0 Å². The molecule has 0 spiro atoms. The van der Waals surface area contributed by atoms with Gasteiger partial charge in [0.25, 0.3) is 0 Å². The zero-order valence-corrected chi connectivity index (χ0v) is 11.2. The lowest BCUT2D eigenvalue weighted by atomic mass is 9.75. The fourth-order valence-corrected chi connectivity index (χ4v) is 3.29. The van der Waals surface area contributed by atoms with E-state index in [0.717, 1.165) is 11.9 Å². The lowest BCUT2D eigenvalue weighted by Crippen LogP contribution is -2.30. The maximum absolute atomic E-state index is 10.6. The highest BCUT2D eigenvalue weighted by atomic mass is 79.9. The van der Waals surface area contributed by atoms with Crippen LogP contribution in [0, 0.1) is 15.5 Å². The highest BCUT2D eigenvalue weighted by Gasteiger charge is 2.32. The van der Waals surface area contributed by atoms with Gasteiger partial charge in [0.05, 0.1) is 0 Å². The molecule has 1 heterocycles. The minimum absolute atomic E-state index is 0.0643. The van der Waals surface area contributed by atoms with E-state index in [1.807, 2.05) is 4.57 Å². The van der Waals surface area contributed by atoms with Gasteiger partial charge in [0.15, 0.2) is 0 Å². The fraction of sp³-hybridized carbons (Fsp3) is 0.727. The summed E-state index contributed by atoms with van der Waals surface area (Å²) < 4.78 is 1.85. The summed E-state index contributed by atoms with van der Waals surface area (Å²) >= 11 is 3.59. The van der Waals surface area contributed by atoms with Crippen molar-refractivity contribution in [1.82, 2.24) is 9.55 Å². The van der Waals surface area contributed by atoms with Crippen LogP contribution in [0.2, 0.25) is 0 Å². The number of halogens is 1. The molecule has 6 heteroatoms. The first-order chi connectivity index (χ1) is 8.15. The number of nitro groups is 1. The van der Waals surface area contributed by atoms with E-state index < -0.39 is 4.92 Å². The van der Waals surface area contributed by atoms with Crippen LogP contribution in [0.1, 0.15) is 32.1 Å². The number of aromatic nitrogens is 2. The van der Waals surface area contributed by atoms with Crippen molar-refractivity contribution in [2.24, 2.45) is 5.41 Å². The standard InChI is InChI=1S/C11H16BrN3O2/c12-7-11(4-2-1-3-5-11)8-14-6-10(13-9-14)15(16)17/h6,9H,1-5,7-8H2. The van der Waals surface area contributed by atoms with E-state index in [4.69, 9.17) is 0 Å². The lowest BCUT2D eigenvalue weighted by Gasteiger charge is -2.35. The Hall–Kier alpha value is -0.910. The van der Waals surface area contributed by atoms with Crippen molar-refractivity contribution in [3.05, 3.63) is 22.6 Å². The molecule has 0 atom stereocenters. The molecule has 0 aromatic carbocycles. The highest BCUT2D eigenvalue weighted by Crippen LogP contribution is 2.39. The second-order valence-electron chi connectivity index (χ2n) is 4.86. The number of rotatable bonds is 4. The van der Waals surface area contributed by atoms with Crippen molar-refractivity contribution in [2.45, 2.75) is 38.6 Å². The minimum atomic E-state index is -0.446. The third-order valence-corrected chi connectivity index (χ3v) is 4.71. The number of nitrogens with zero attached hydrogens (tertiary/aromatic N) is 3. The molecule has 0 aliphatic heterocycles. The SMILES string of the molecule is O=[N+]([O-])c1cn(CC2(CBr)CCCCC2)cn1. The van der Waals surface area contributed by atoms with Crippen LogP contribution in [0.3, 0.4) is 0 Å². The van der Waals surface area contributed by atoms with E-state index in [0.29, 0.717) is 0 Å². The van der Waals surface area contributed by atoms with Gasteiger partial charge in [0.1, 0.15) is 6.20 Å². The molecule has 17 heavy (non-hydrogen) atoms. The van der Waals surface area contributed by atoms with Crippen molar-refractivity contribution < 1.29 is 4.92 Å². The van der Waals surface area contributed by atoms with Crippen molar-refractivity contribution in [2.75, 3.05) is 5.33 Å². The molecule has 2 rings (SSSR count). The van der Waals surface area contributed by atoms with Crippen LogP contribution in [-0.2, 0) is 6.54 Å². The number of imidazole rings is 1. The normalized spacial score (nSPS) is 19.1. The zero-order chi connectivity index (χ0) is 12.3. The second-order valence-corrected chi connectivity index (χ2v) is 5.42. The maximum Gasteiger partial charge on any atom is 0.381 e. The molecular formula is C11H16BrN3O2. The van der Waals surface area contributed by atoms with E-state index in [1.54, 1.807) is 6.33 Å². The minimum Gasteiger partial charge on any atom is -0.358 e. The van der Waals surface area contributed by atoms with Crippen LogP contribution in [0.4, 0.5) is 5.82 Å². The van der Waals surface area contributed by atoms with Gasteiger partial charge in [-0.25, -0.2) is 0 Å². The summed E-state index contributed by atoms with van der Waals surface area (Å²) in [4.78, 5) is 13.9. The Labute approximate surface area is 109 Å². The average Bonchev–Trinajstić information content (AvgIpc) is 2.79. The van der Waals surface area contributed by atoms with Gasteiger partial charge in [-0.2, -0.15) is 0 Å².